The first-order valence-electron chi connectivity index (χ1n) is 14.2. The van der Waals surface area contributed by atoms with Crippen molar-refractivity contribution in [2.24, 2.45) is 31.6 Å². The van der Waals surface area contributed by atoms with Crippen molar-refractivity contribution in [3.8, 4) is 0 Å². The lowest BCUT2D eigenvalue weighted by molar-refractivity contribution is 0.0100. The number of ether oxygens (including phenoxy) is 3. The quantitative estimate of drug-likeness (QED) is 0.199. The Labute approximate surface area is 238 Å². The number of alkyl carbamates (subject to hydrolysis) is 2. The Bertz CT molecular complexity index is 973. The molecular weight excluding hydrogens is 516 g/mol. The molecule has 0 aromatic rings. The number of isocyanates is 2. The maximum Gasteiger partial charge on any atom is 0.407 e. The minimum Gasteiger partial charge on any atom is -0.447 e. The van der Waals surface area contributed by atoms with Crippen LogP contribution >= 0.6 is 0 Å². The molecule has 11 heteroatoms. The van der Waals surface area contributed by atoms with Crippen LogP contribution in [-0.2, 0) is 23.8 Å². The van der Waals surface area contributed by atoms with E-state index in [1.54, 1.807) is 19.1 Å². The van der Waals surface area contributed by atoms with Crippen molar-refractivity contribution in [2.45, 2.75) is 105 Å². The molecule has 0 heterocycles. The fourth-order valence-corrected chi connectivity index (χ4v) is 7.08. The van der Waals surface area contributed by atoms with Gasteiger partial charge < -0.3 is 24.8 Å². The van der Waals surface area contributed by atoms with Gasteiger partial charge in [-0.1, -0.05) is 41.5 Å². The van der Waals surface area contributed by atoms with Gasteiger partial charge in [0.25, 0.3) is 0 Å². The van der Waals surface area contributed by atoms with Gasteiger partial charge in [-0.3, -0.25) is 0 Å². The lowest BCUT2D eigenvalue weighted by atomic mass is 9.62. The Morgan fingerprint density at radius 2 is 1.27 bits per heavy atom. The van der Waals surface area contributed by atoms with E-state index in [4.69, 9.17) is 14.2 Å². The van der Waals surface area contributed by atoms with Crippen molar-refractivity contribution in [3.05, 3.63) is 0 Å². The molecule has 0 spiro atoms. The summed E-state index contributed by atoms with van der Waals surface area (Å²) in [5.74, 6) is 0. The van der Waals surface area contributed by atoms with Crippen LogP contribution in [0.2, 0.25) is 0 Å². The van der Waals surface area contributed by atoms with Crippen LogP contribution in [0, 0.1) is 21.7 Å². The van der Waals surface area contributed by atoms with Gasteiger partial charge in [0.1, 0.15) is 12.7 Å². The standard InChI is InChI=1S/C29H48N4O7/c1-21(40-25(37)31-18-29(7)13-23(33-20-35)11-27(4,5)16-29)14-38-8-9-39-24(36)30-17-28(6)12-22(32-19-34)10-26(2,3)15-28/h21-23H,8-18H2,1-7H3,(H,30,36)(H,31,37). The van der Waals surface area contributed by atoms with E-state index in [2.05, 4.69) is 62.2 Å². The van der Waals surface area contributed by atoms with Crippen LogP contribution in [0.25, 0.3) is 0 Å². The molecule has 0 saturated heterocycles. The first-order chi connectivity index (χ1) is 18.6. The van der Waals surface area contributed by atoms with Crippen molar-refractivity contribution in [1.29, 1.82) is 0 Å². The molecule has 5 unspecified atom stereocenters. The summed E-state index contributed by atoms with van der Waals surface area (Å²) in [5.41, 5.74) is -0.401. The third-order valence-corrected chi connectivity index (χ3v) is 7.76. The summed E-state index contributed by atoms with van der Waals surface area (Å²) in [6, 6.07) is -0.194. The molecule has 2 rings (SSSR count). The molecule has 2 saturated carbocycles. The molecule has 5 atom stereocenters. The van der Waals surface area contributed by atoms with Crippen LogP contribution < -0.4 is 10.6 Å². The fraction of sp³-hybridized carbons (Fsp3) is 0.862. The second kappa shape index (κ2) is 14.2. The first-order valence-corrected chi connectivity index (χ1v) is 14.2. The smallest absolute Gasteiger partial charge is 0.407 e. The molecule has 11 nitrogen and oxygen atoms in total. The lowest BCUT2D eigenvalue weighted by Crippen LogP contribution is -2.45. The molecule has 0 aliphatic heterocycles. The molecule has 226 valence electrons. The van der Waals surface area contributed by atoms with E-state index in [0.29, 0.717) is 25.9 Å². The average Bonchev–Trinajstić information content (AvgIpc) is 2.79. The predicted octanol–water partition coefficient (Wildman–Crippen LogP) is 4.69. The SMILES string of the molecule is CC(COCCOC(=O)NCC1(C)CC(N=C=O)CC(C)(C)C1)OC(=O)NCC1(C)CC(N=C=O)CC(C)(C)C1. The second-order valence-electron chi connectivity index (χ2n) is 14.0. The number of carbonyl (C=O) groups excluding carboxylic acids is 4. The van der Waals surface area contributed by atoms with E-state index >= 15 is 0 Å². The first kappa shape index (κ1) is 33.5. The molecule has 0 aromatic heterocycles. The number of nitrogens with zero attached hydrogens (tertiary/aromatic N) is 2. The number of rotatable bonds is 12. The zero-order valence-corrected chi connectivity index (χ0v) is 25.3. The molecule has 0 radical (unpaired) electrons. The predicted molar refractivity (Wildman–Crippen MR) is 149 cm³/mol. The van der Waals surface area contributed by atoms with Crippen molar-refractivity contribution in [1.82, 2.24) is 10.6 Å². The van der Waals surface area contributed by atoms with Gasteiger partial charge in [0.05, 0.1) is 25.3 Å². The van der Waals surface area contributed by atoms with Crippen LogP contribution in [-0.4, -0.2) is 75.4 Å². The Kier molecular flexibility index (Phi) is 11.9. The van der Waals surface area contributed by atoms with Gasteiger partial charge in [0, 0.05) is 13.1 Å². The number of hydrogen-bond donors (Lipinski definition) is 2. The summed E-state index contributed by atoms with van der Waals surface area (Å²) in [4.78, 5) is 53.9. The van der Waals surface area contributed by atoms with Crippen molar-refractivity contribution in [3.63, 3.8) is 0 Å². The molecular formula is C29H48N4O7. The maximum atomic E-state index is 12.3. The average molecular weight is 565 g/mol. The number of aliphatic imine (C=N–C) groups is 2. The van der Waals surface area contributed by atoms with Crippen molar-refractivity contribution < 1.29 is 33.4 Å². The number of nitrogens with one attached hydrogen (secondary N) is 2. The van der Waals surface area contributed by atoms with Crippen LogP contribution in [0.4, 0.5) is 9.59 Å². The largest absolute Gasteiger partial charge is 0.447 e. The zero-order chi connectivity index (χ0) is 30.0. The summed E-state index contributed by atoms with van der Waals surface area (Å²) in [5, 5.41) is 5.66. The van der Waals surface area contributed by atoms with E-state index in [1.807, 2.05) is 0 Å². The third-order valence-electron chi connectivity index (χ3n) is 7.76. The minimum atomic E-state index is -0.535. The van der Waals surface area contributed by atoms with Crippen LogP contribution in [0.3, 0.4) is 0 Å². The molecule has 2 aliphatic carbocycles. The van der Waals surface area contributed by atoms with Gasteiger partial charge in [0.15, 0.2) is 0 Å². The summed E-state index contributed by atoms with van der Waals surface area (Å²) in [7, 11) is 0. The van der Waals surface area contributed by atoms with Gasteiger partial charge in [0.2, 0.25) is 12.2 Å². The zero-order valence-electron chi connectivity index (χ0n) is 25.3. The fourth-order valence-electron chi connectivity index (χ4n) is 7.08. The monoisotopic (exact) mass is 564 g/mol. The molecule has 40 heavy (non-hydrogen) atoms. The third kappa shape index (κ3) is 11.8. The van der Waals surface area contributed by atoms with Crippen LogP contribution in [0.15, 0.2) is 9.98 Å². The summed E-state index contributed by atoms with van der Waals surface area (Å²) >= 11 is 0. The molecule has 2 fully saturated rings. The summed E-state index contributed by atoms with van der Waals surface area (Å²) < 4.78 is 16.1. The molecule has 2 N–H and O–H groups in total. The molecule has 0 aromatic carbocycles. The number of carbonyl (C=O) groups is 2. The van der Waals surface area contributed by atoms with Gasteiger partial charge in [-0.2, -0.15) is 0 Å². The van der Waals surface area contributed by atoms with E-state index in [0.717, 1.165) is 25.7 Å². The Hall–Kier alpha value is -2.74. The van der Waals surface area contributed by atoms with Crippen molar-refractivity contribution in [2.75, 3.05) is 32.9 Å². The van der Waals surface area contributed by atoms with E-state index < -0.39 is 18.3 Å². The van der Waals surface area contributed by atoms with Crippen LogP contribution in [0.5, 0.6) is 0 Å². The number of hydrogen-bond acceptors (Lipinski definition) is 9. The summed E-state index contributed by atoms with van der Waals surface area (Å²) in [6.07, 6.45) is 6.60. The normalized spacial score (nSPS) is 29.6. The topological polar surface area (TPSA) is 145 Å². The molecule has 2 aliphatic rings. The van der Waals surface area contributed by atoms with Gasteiger partial charge in [-0.05, 0) is 67.1 Å². The highest BCUT2D eigenvalue weighted by molar-refractivity contribution is 5.67. The second-order valence-corrected chi connectivity index (χ2v) is 14.0. The Balaban J connectivity index is 1.63. The van der Waals surface area contributed by atoms with E-state index in [9.17, 15) is 19.2 Å². The summed E-state index contributed by atoms with van der Waals surface area (Å²) in [6.45, 7) is 15.7. The Morgan fingerprint density at radius 1 is 0.800 bits per heavy atom. The highest BCUT2D eigenvalue weighted by atomic mass is 16.6. The molecule has 2 amide bonds. The lowest BCUT2D eigenvalue weighted by Gasteiger charge is -2.45. The van der Waals surface area contributed by atoms with E-state index in [1.165, 1.54) is 0 Å². The van der Waals surface area contributed by atoms with Gasteiger partial charge in [-0.15, -0.1) is 0 Å². The number of amides is 2. The minimum absolute atomic E-state index is 0.00365. The van der Waals surface area contributed by atoms with E-state index in [-0.39, 0.29) is 53.6 Å². The highest BCUT2D eigenvalue weighted by Gasteiger charge is 2.42. The highest BCUT2D eigenvalue weighted by Crippen LogP contribution is 2.47. The van der Waals surface area contributed by atoms with Gasteiger partial charge in [-0.25, -0.2) is 29.2 Å². The van der Waals surface area contributed by atoms with Gasteiger partial charge >= 0.3 is 12.2 Å². The maximum absolute atomic E-state index is 12.3. The molecule has 0 bridgehead atoms. The van der Waals surface area contributed by atoms with Crippen LogP contribution in [0.1, 0.15) is 87.0 Å². The van der Waals surface area contributed by atoms with Crippen molar-refractivity contribution >= 4 is 24.3 Å². The Morgan fingerprint density at radius 3 is 1.75 bits per heavy atom.